The molecule has 2 heterocycles. The van der Waals surface area contributed by atoms with Crippen LogP contribution in [0.25, 0.3) is 11.2 Å². The summed E-state index contributed by atoms with van der Waals surface area (Å²) >= 11 is 0. The second-order valence-electron chi connectivity index (χ2n) is 5.62. The van der Waals surface area contributed by atoms with Crippen LogP contribution >= 0.6 is 7.60 Å². The van der Waals surface area contributed by atoms with E-state index in [0.717, 1.165) is 0 Å². The van der Waals surface area contributed by atoms with Crippen LogP contribution in [0.5, 0.6) is 0 Å². The van der Waals surface area contributed by atoms with Crippen LogP contribution in [0.2, 0.25) is 0 Å². The number of fused-ring (bicyclic) bond motifs is 1. The normalized spacial score (nSPS) is 24.8. The number of hydrogen-bond donors (Lipinski definition) is 4. The first-order chi connectivity index (χ1) is 10.2. The van der Waals surface area contributed by atoms with Crippen molar-refractivity contribution in [3.63, 3.8) is 0 Å². The molecule has 22 heavy (non-hydrogen) atoms. The third-order valence-electron chi connectivity index (χ3n) is 3.86. The van der Waals surface area contributed by atoms with E-state index < -0.39 is 19.5 Å². The minimum Gasteiger partial charge on any atom is -0.382 e. The Labute approximate surface area is 125 Å². The molecule has 2 aromatic heterocycles. The number of rotatable bonds is 5. The van der Waals surface area contributed by atoms with Crippen LogP contribution in [0.1, 0.15) is 13.3 Å². The van der Waals surface area contributed by atoms with Crippen molar-refractivity contribution >= 4 is 30.5 Å². The Morgan fingerprint density at radius 1 is 1.50 bits per heavy atom. The summed E-state index contributed by atoms with van der Waals surface area (Å²) in [5, 5.41) is 0. The van der Waals surface area contributed by atoms with E-state index in [4.69, 9.17) is 26.0 Å². The van der Waals surface area contributed by atoms with Crippen molar-refractivity contribution in [2.24, 2.45) is 5.92 Å². The number of nitrogens with zero attached hydrogens (tertiary/aromatic N) is 4. The maximum Gasteiger partial charge on any atom is 0.351 e. The molecule has 1 saturated carbocycles. The second kappa shape index (κ2) is 4.88. The van der Waals surface area contributed by atoms with Crippen molar-refractivity contribution in [3.05, 3.63) is 6.33 Å². The minimum atomic E-state index is -4.22. The molecule has 3 rings (SSSR count). The van der Waals surface area contributed by atoms with E-state index in [1.165, 1.54) is 0 Å². The number of anilines is 2. The van der Waals surface area contributed by atoms with Crippen LogP contribution in [0.4, 0.5) is 11.8 Å². The first-order valence-corrected chi connectivity index (χ1v) is 8.42. The molecule has 0 aliphatic heterocycles. The van der Waals surface area contributed by atoms with Crippen molar-refractivity contribution < 1.29 is 19.1 Å². The molecule has 0 spiro atoms. The lowest BCUT2D eigenvalue weighted by Crippen LogP contribution is -2.24. The van der Waals surface area contributed by atoms with Crippen LogP contribution in [0.3, 0.4) is 0 Å². The summed E-state index contributed by atoms with van der Waals surface area (Å²) in [5.41, 5.74) is 11.6. The fourth-order valence-corrected chi connectivity index (χ4v) is 2.95. The average Bonchev–Trinajstić information content (AvgIpc) is 2.83. The average molecular weight is 328 g/mol. The van der Waals surface area contributed by atoms with Gasteiger partial charge in [0, 0.05) is 0 Å². The molecule has 2 aromatic rings. The summed E-state index contributed by atoms with van der Waals surface area (Å²) in [6.07, 6.45) is 1.63. The van der Waals surface area contributed by atoms with E-state index >= 15 is 0 Å². The molecule has 2 atom stereocenters. The first kappa shape index (κ1) is 15.2. The minimum absolute atomic E-state index is 0.0424. The molecule has 1 fully saturated rings. The number of aromatic nitrogens is 4. The van der Waals surface area contributed by atoms with E-state index in [1.54, 1.807) is 10.9 Å². The monoisotopic (exact) mass is 328 g/mol. The van der Waals surface area contributed by atoms with Gasteiger partial charge in [0.25, 0.3) is 0 Å². The van der Waals surface area contributed by atoms with Gasteiger partial charge in [-0.3, -0.25) is 4.57 Å². The molecule has 6 N–H and O–H groups in total. The molecule has 0 radical (unpaired) electrons. The maximum absolute atomic E-state index is 11.0. The first-order valence-electron chi connectivity index (χ1n) is 6.62. The molecule has 10 nitrogen and oxygen atoms in total. The number of ether oxygens (including phenoxy) is 1. The fourth-order valence-electron chi connectivity index (χ4n) is 2.53. The predicted octanol–water partition coefficient (Wildman–Crippen LogP) is -0.0789. The van der Waals surface area contributed by atoms with Gasteiger partial charge in [-0.1, -0.05) is 6.92 Å². The van der Waals surface area contributed by atoms with Crippen LogP contribution in [0.15, 0.2) is 6.33 Å². The van der Waals surface area contributed by atoms with E-state index in [-0.39, 0.29) is 17.7 Å². The Balaban J connectivity index is 1.87. The molecule has 2 unspecified atom stereocenters. The standard InChI is InChI=1S/C11H17N6O4P/c1-6-2-11(6,21-5-22(18,19)20)3-17-4-14-7-8(12)15-10(13)16-9(7)17/h4,6H,2-3,5H2,1H3,(H2,18,19,20)(H4,12,13,15,16). The van der Waals surface area contributed by atoms with Crippen molar-refractivity contribution in [3.8, 4) is 0 Å². The lowest BCUT2D eigenvalue weighted by molar-refractivity contribution is 0.0306. The van der Waals surface area contributed by atoms with Gasteiger partial charge in [0.1, 0.15) is 11.9 Å². The summed E-state index contributed by atoms with van der Waals surface area (Å²) in [5.74, 6) is 0.407. The number of nitrogens with two attached hydrogens (primary N) is 2. The van der Waals surface area contributed by atoms with E-state index in [2.05, 4.69) is 15.0 Å². The molecule has 11 heteroatoms. The Morgan fingerprint density at radius 2 is 2.18 bits per heavy atom. The summed E-state index contributed by atoms with van der Waals surface area (Å²) in [7, 11) is -4.22. The molecular weight excluding hydrogens is 311 g/mol. The highest BCUT2D eigenvalue weighted by Gasteiger charge is 2.53. The number of imidazole rings is 1. The zero-order valence-corrected chi connectivity index (χ0v) is 12.8. The van der Waals surface area contributed by atoms with E-state index in [1.807, 2.05) is 6.92 Å². The van der Waals surface area contributed by atoms with Crippen LogP contribution in [-0.4, -0.2) is 41.3 Å². The summed E-state index contributed by atoms with van der Waals surface area (Å²) in [6.45, 7) is 2.32. The van der Waals surface area contributed by atoms with Gasteiger partial charge in [-0.2, -0.15) is 9.97 Å². The predicted molar refractivity (Wildman–Crippen MR) is 78.7 cm³/mol. The molecule has 120 valence electrons. The quantitative estimate of drug-likeness (QED) is 0.550. The molecule has 0 amide bonds. The fraction of sp³-hybridized carbons (Fsp3) is 0.545. The second-order valence-corrected chi connectivity index (χ2v) is 7.21. The number of nitrogen functional groups attached to an aromatic ring is 2. The maximum atomic E-state index is 11.0. The van der Waals surface area contributed by atoms with Gasteiger partial charge < -0.3 is 30.6 Å². The topological polar surface area (TPSA) is 162 Å². The lowest BCUT2D eigenvalue weighted by Gasteiger charge is -2.19. The van der Waals surface area contributed by atoms with Crippen molar-refractivity contribution in [1.82, 2.24) is 19.5 Å². The third kappa shape index (κ3) is 2.78. The summed E-state index contributed by atoms with van der Waals surface area (Å²) in [6, 6.07) is 0. The zero-order valence-electron chi connectivity index (χ0n) is 11.9. The van der Waals surface area contributed by atoms with Crippen LogP contribution in [0, 0.1) is 5.92 Å². The third-order valence-corrected chi connectivity index (χ3v) is 4.32. The van der Waals surface area contributed by atoms with Crippen molar-refractivity contribution in [2.75, 3.05) is 17.8 Å². The lowest BCUT2D eigenvalue weighted by atomic mass is 10.2. The van der Waals surface area contributed by atoms with Crippen LogP contribution < -0.4 is 11.5 Å². The molecule has 1 aliphatic carbocycles. The molecule has 1 aliphatic rings. The highest BCUT2D eigenvalue weighted by Crippen LogP contribution is 2.50. The Hall–Kier alpha value is -1.74. The van der Waals surface area contributed by atoms with Gasteiger partial charge in [0.05, 0.1) is 18.5 Å². The Kier molecular flexibility index (Phi) is 3.37. The van der Waals surface area contributed by atoms with Gasteiger partial charge in [-0.25, -0.2) is 4.98 Å². The van der Waals surface area contributed by atoms with Crippen molar-refractivity contribution in [2.45, 2.75) is 25.5 Å². The highest BCUT2D eigenvalue weighted by molar-refractivity contribution is 7.51. The molecule has 0 saturated heterocycles. The van der Waals surface area contributed by atoms with E-state index in [0.29, 0.717) is 24.1 Å². The van der Waals surface area contributed by atoms with Gasteiger partial charge in [-0.05, 0) is 12.3 Å². The zero-order chi connectivity index (χ0) is 16.1. The van der Waals surface area contributed by atoms with E-state index in [9.17, 15) is 4.57 Å². The SMILES string of the molecule is CC1CC1(Cn1cnc2c(N)nc(N)nc21)OCP(=O)(O)O. The Morgan fingerprint density at radius 3 is 2.77 bits per heavy atom. The Bertz CT molecular complexity index is 773. The highest BCUT2D eigenvalue weighted by atomic mass is 31.2. The molecular formula is C11H17N6O4P. The summed E-state index contributed by atoms with van der Waals surface area (Å²) in [4.78, 5) is 30.1. The van der Waals surface area contributed by atoms with Crippen molar-refractivity contribution in [1.29, 1.82) is 0 Å². The van der Waals surface area contributed by atoms with Crippen LogP contribution in [-0.2, 0) is 15.8 Å². The van der Waals surface area contributed by atoms with Gasteiger partial charge in [0.15, 0.2) is 11.5 Å². The van der Waals surface area contributed by atoms with Gasteiger partial charge in [-0.15, -0.1) is 0 Å². The number of hydrogen-bond acceptors (Lipinski definition) is 7. The van der Waals surface area contributed by atoms with Gasteiger partial charge in [0.2, 0.25) is 5.95 Å². The van der Waals surface area contributed by atoms with Gasteiger partial charge >= 0.3 is 7.60 Å². The molecule has 0 aromatic carbocycles. The molecule has 0 bridgehead atoms. The smallest absolute Gasteiger partial charge is 0.351 e. The summed E-state index contributed by atoms with van der Waals surface area (Å²) < 4.78 is 18.2. The largest absolute Gasteiger partial charge is 0.382 e.